The van der Waals surface area contributed by atoms with E-state index in [9.17, 15) is 9.59 Å². The summed E-state index contributed by atoms with van der Waals surface area (Å²) in [4.78, 5) is 30.5. The number of hydrogen-bond acceptors (Lipinski definition) is 5. The van der Waals surface area contributed by atoms with E-state index in [1.165, 1.54) is 0 Å². The van der Waals surface area contributed by atoms with E-state index in [1.54, 1.807) is 30.3 Å². The first-order valence-electron chi connectivity index (χ1n) is 13.3. The summed E-state index contributed by atoms with van der Waals surface area (Å²) in [5.41, 5.74) is 1.18. The maximum Gasteiger partial charge on any atom is 0.242 e. The molecule has 0 aliphatic carbocycles. The lowest BCUT2D eigenvalue weighted by molar-refractivity contribution is -0.143. The highest BCUT2D eigenvalue weighted by Gasteiger charge is 2.27. The summed E-state index contributed by atoms with van der Waals surface area (Å²) in [5, 5.41) is 0. The lowest BCUT2D eigenvalue weighted by Crippen LogP contribution is -2.47. The Morgan fingerprint density at radius 1 is 1.03 bits per heavy atom. The number of amides is 2. The van der Waals surface area contributed by atoms with Gasteiger partial charge in [0.25, 0.3) is 0 Å². The zero-order valence-electron chi connectivity index (χ0n) is 24.0. The first-order valence-corrected chi connectivity index (χ1v) is 13.3. The van der Waals surface area contributed by atoms with E-state index >= 15 is 0 Å². The fourth-order valence-electron chi connectivity index (χ4n) is 4.67. The molecule has 0 saturated carbocycles. The molecule has 37 heavy (non-hydrogen) atoms. The Bertz CT molecular complexity index is 980. The molecule has 2 amide bonds. The minimum atomic E-state index is -0.0889. The third-order valence-electron chi connectivity index (χ3n) is 6.63. The van der Waals surface area contributed by atoms with Crippen LogP contribution in [0.25, 0.3) is 0 Å². The first kappa shape index (κ1) is 30.3. The van der Waals surface area contributed by atoms with Crippen molar-refractivity contribution in [1.29, 1.82) is 0 Å². The third-order valence-corrected chi connectivity index (χ3v) is 6.63. The van der Waals surface area contributed by atoms with Crippen molar-refractivity contribution in [3.63, 3.8) is 0 Å². The van der Waals surface area contributed by atoms with Gasteiger partial charge in [-0.3, -0.25) is 9.59 Å². The normalized spacial score (nSPS) is 13.1. The number of carbonyl (C=O) groups excluding carboxylic acids is 2. The predicted octanol–water partition coefficient (Wildman–Crippen LogP) is 5.96. The number of carbonyl (C=O) groups is 2. The van der Waals surface area contributed by atoms with Crippen LogP contribution in [0.1, 0.15) is 72.1 Å². The molecule has 1 heterocycles. The molecule has 0 fully saturated rings. The Morgan fingerprint density at radius 2 is 1.73 bits per heavy atom. The zero-order chi connectivity index (χ0) is 27.6. The van der Waals surface area contributed by atoms with Gasteiger partial charge in [0.1, 0.15) is 12.3 Å². The van der Waals surface area contributed by atoms with Gasteiger partial charge in [0, 0.05) is 19.0 Å². The molecule has 0 aliphatic heterocycles. The van der Waals surface area contributed by atoms with Crippen molar-refractivity contribution in [1.82, 2.24) is 9.80 Å². The predicted molar refractivity (Wildman–Crippen MR) is 147 cm³/mol. The highest BCUT2D eigenvalue weighted by molar-refractivity contribution is 5.85. The molecule has 0 bridgehead atoms. The van der Waals surface area contributed by atoms with Gasteiger partial charge in [0.15, 0.2) is 11.5 Å². The number of nitrogens with zero attached hydrogens (tertiary/aromatic N) is 2. The molecule has 0 radical (unpaired) electrons. The number of furan rings is 1. The van der Waals surface area contributed by atoms with Gasteiger partial charge in [-0.05, 0) is 67.3 Å². The average molecular weight is 515 g/mol. The largest absolute Gasteiger partial charge is 0.493 e. The Morgan fingerprint density at radius 3 is 2.30 bits per heavy atom. The fraction of sp³-hybridized carbons (Fsp3) is 0.600. The van der Waals surface area contributed by atoms with Crippen LogP contribution in [-0.4, -0.2) is 55.0 Å². The summed E-state index contributed by atoms with van der Waals surface area (Å²) in [5.74, 6) is 2.23. The molecule has 0 aliphatic rings. The quantitative estimate of drug-likeness (QED) is 0.311. The summed E-state index contributed by atoms with van der Waals surface area (Å²) in [6.45, 7) is 13.6. The SMILES string of the molecule is CCC(C)N(CC(=O)N(CCc1ccc(OC)c(OC)c1)Cc1ccco1)C(=O)CC(C)CC(C)(C)C. The third kappa shape index (κ3) is 9.78. The number of hydrogen-bond donors (Lipinski definition) is 0. The van der Waals surface area contributed by atoms with Crippen LogP contribution < -0.4 is 9.47 Å². The summed E-state index contributed by atoms with van der Waals surface area (Å²) >= 11 is 0. The van der Waals surface area contributed by atoms with E-state index in [1.807, 2.05) is 44.2 Å². The van der Waals surface area contributed by atoms with Gasteiger partial charge in [-0.2, -0.15) is 0 Å². The Hall–Kier alpha value is -2.96. The second kappa shape index (κ2) is 14.1. The van der Waals surface area contributed by atoms with Crippen LogP contribution in [0.5, 0.6) is 11.5 Å². The van der Waals surface area contributed by atoms with Crippen molar-refractivity contribution < 1.29 is 23.5 Å². The van der Waals surface area contributed by atoms with Crippen molar-refractivity contribution in [3.05, 3.63) is 47.9 Å². The Kier molecular flexibility index (Phi) is 11.5. The van der Waals surface area contributed by atoms with E-state index < -0.39 is 0 Å². The lowest BCUT2D eigenvalue weighted by atomic mass is 9.84. The second-order valence-electron chi connectivity index (χ2n) is 11.2. The molecule has 0 N–H and O–H groups in total. The van der Waals surface area contributed by atoms with Crippen LogP contribution in [0, 0.1) is 11.3 Å². The highest BCUT2D eigenvalue weighted by Crippen LogP contribution is 2.28. The van der Waals surface area contributed by atoms with Gasteiger partial charge in [-0.1, -0.05) is 40.7 Å². The zero-order valence-corrected chi connectivity index (χ0v) is 24.0. The van der Waals surface area contributed by atoms with Gasteiger partial charge in [-0.15, -0.1) is 0 Å². The van der Waals surface area contributed by atoms with Crippen molar-refractivity contribution in [2.45, 2.75) is 79.8 Å². The van der Waals surface area contributed by atoms with E-state index in [2.05, 4.69) is 27.7 Å². The maximum atomic E-state index is 13.6. The molecule has 2 aromatic rings. The van der Waals surface area contributed by atoms with Gasteiger partial charge in [0.2, 0.25) is 11.8 Å². The molecular formula is C30H46N2O5. The van der Waals surface area contributed by atoms with Gasteiger partial charge < -0.3 is 23.7 Å². The van der Waals surface area contributed by atoms with Gasteiger partial charge in [-0.25, -0.2) is 0 Å². The van der Waals surface area contributed by atoms with E-state index in [-0.39, 0.29) is 35.7 Å². The van der Waals surface area contributed by atoms with E-state index in [4.69, 9.17) is 13.9 Å². The number of benzene rings is 1. The van der Waals surface area contributed by atoms with Crippen LogP contribution in [0.3, 0.4) is 0 Å². The van der Waals surface area contributed by atoms with E-state index in [0.29, 0.717) is 43.2 Å². The maximum absolute atomic E-state index is 13.6. The second-order valence-corrected chi connectivity index (χ2v) is 11.2. The molecule has 2 unspecified atom stereocenters. The Balaban J connectivity index is 2.17. The molecule has 7 heteroatoms. The van der Waals surface area contributed by atoms with Crippen LogP contribution in [0.15, 0.2) is 41.0 Å². The molecule has 1 aromatic heterocycles. The molecular weight excluding hydrogens is 468 g/mol. The molecule has 0 spiro atoms. The number of ether oxygens (including phenoxy) is 2. The minimum absolute atomic E-state index is 0.0189. The molecule has 206 valence electrons. The van der Waals surface area contributed by atoms with Crippen LogP contribution in [0.2, 0.25) is 0 Å². The summed E-state index contributed by atoms with van der Waals surface area (Å²) in [6, 6.07) is 9.44. The monoisotopic (exact) mass is 514 g/mol. The smallest absolute Gasteiger partial charge is 0.242 e. The Labute approximate surface area is 223 Å². The van der Waals surface area contributed by atoms with Crippen molar-refractivity contribution in [3.8, 4) is 11.5 Å². The van der Waals surface area contributed by atoms with Gasteiger partial charge in [0.05, 0.1) is 27.0 Å². The molecule has 0 saturated heterocycles. The topological polar surface area (TPSA) is 72.2 Å². The molecule has 7 nitrogen and oxygen atoms in total. The lowest BCUT2D eigenvalue weighted by Gasteiger charge is -2.32. The van der Waals surface area contributed by atoms with Crippen LogP contribution in [-0.2, 0) is 22.6 Å². The summed E-state index contributed by atoms with van der Waals surface area (Å²) < 4.78 is 16.3. The van der Waals surface area contributed by atoms with Crippen LogP contribution in [0.4, 0.5) is 0 Å². The molecule has 2 atom stereocenters. The van der Waals surface area contributed by atoms with Crippen molar-refractivity contribution in [2.75, 3.05) is 27.3 Å². The van der Waals surface area contributed by atoms with Gasteiger partial charge >= 0.3 is 0 Å². The molecule has 2 rings (SSSR count). The average Bonchev–Trinajstić information content (AvgIpc) is 3.36. The van der Waals surface area contributed by atoms with Crippen LogP contribution >= 0.6 is 0 Å². The van der Waals surface area contributed by atoms with Crippen molar-refractivity contribution in [2.24, 2.45) is 11.3 Å². The fourth-order valence-corrected chi connectivity index (χ4v) is 4.67. The number of rotatable bonds is 14. The first-order chi connectivity index (χ1) is 17.5. The number of methoxy groups -OCH3 is 2. The highest BCUT2D eigenvalue weighted by atomic mass is 16.5. The van der Waals surface area contributed by atoms with E-state index in [0.717, 1.165) is 18.4 Å². The molecule has 1 aromatic carbocycles. The standard InChI is InChI=1S/C30H46N2O5/c1-9-23(3)32(28(33)17-22(2)19-30(4,5)6)21-29(34)31(20-25-11-10-16-37-25)15-14-24-12-13-26(35-7)27(18-24)36-8/h10-13,16,18,22-23H,9,14-15,17,19-21H2,1-8H3. The summed E-state index contributed by atoms with van der Waals surface area (Å²) in [7, 11) is 3.21. The minimum Gasteiger partial charge on any atom is -0.493 e. The van der Waals surface area contributed by atoms with Crippen molar-refractivity contribution >= 4 is 11.8 Å². The summed E-state index contributed by atoms with van der Waals surface area (Å²) in [6.07, 6.45) is 4.43.